The van der Waals surface area contributed by atoms with E-state index in [0.717, 1.165) is 0 Å². The minimum Gasteiger partial charge on any atom is -0.478 e. The molecule has 1 N–H and O–H groups in total. The summed E-state index contributed by atoms with van der Waals surface area (Å²) in [5.41, 5.74) is 0.471. The van der Waals surface area contributed by atoms with Crippen LogP contribution in [0.2, 0.25) is 0 Å². The highest BCUT2D eigenvalue weighted by molar-refractivity contribution is 7.98. The Labute approximate surface area is 103 Å². The second-order valence-electron chi connectivity index (χ2n) is 3.20. The monoisotopic (exact) mass is 258 g/mol. The van der Waals surface area contributed by atoms with Crippen molar-refractivity contribution in [3.63, 3.8) is 0 Å². The van der Waals surface area contributed by atoms with Crippen LogP contribution in [-0.2, 0) is 4.79 Å². The molecule has 3 nitrogen and oxygen atoms in total. The molecule has 0 fully saturated rings. The molecule has 0 aliphatic carbocycles. The van der Waals surface area contributed by atoms with Crippen LogP contribution in [0.1, 0.15) is 28.2 Å². The van der Waals surface area contributed by atoms with Crippen molar-refractivity contribution in [1.29, 1.82) is 0 Å². The molecule has 0 amide bonds. The van der Waals surface area contributed by atoms with Crippen molar-refractivity contribution in [1.82, 2.24) is 0 Å². The van der Waals surface area contributed by atoms with E-state index in [-0.39, 0.29) is 11.3 Å². The number of alkyl halides is 1. The summed E-state index contributed by atoms with van der Waals surface area (Å²) in [6, 6.07) is 4.97. The van der Waals surface area contributed by atoms with Crippen LogP contribution in [0.3, 0.4) is 0 Å². The number of carbonyl (C=O) groups excluding carboxylic acids is 1. The van der Waals surface area contributed by atoms with E-state index in [4.69, 9.17) is 16.7 Å². The first-order chi connectivity index (χ1) is 7.49. The fourth-order valence-corrected chi connectivity index (χ4v) is 2.18. The predicted molar refractivity (Wildman–Crippen MR) is 64.5 cm³/mol. The quantitative estimate of drug-likeness (QED) is 0.666. The fourth-order valence-electron chi connectivity index (χ4n) is 1.38. The standard InChI is InChI=1S/C11H11ClO3S/c1-6(13)10(12)7-4-3-5-8(16-2)9(7)11(14)15/h3-5,10H,1-2H3,(H,14,15). The van der Waals surface area contributed by atoms with Gasteiger partial charge in [-0.25, -0.2) is 4.79 Å². The van der Waals surface area contributed by atoms with Gasteiger partial charge in [0.2, 0.25) is 0 Å². The van der Waals surface area contributed by atoms with Gasteiger partial charge in [-0.2, -0.15) is 0 Å². The summed E-state index contributed by atoms with van der Waals surface area (Å²) in [4.78, 5) is 22.9. The number of carbonyl (C=O) groups is 2. The Hall–Kier alpha value is -1.00. The van der Waals surface area contributed by atoms with E-state index in [2.05, 4.69) is 0 Å². The molecule has 1 aromatic rings. The number of rotatable bonds is 4. The third-order valence-corrected chi connectivity index (χ3v) is 3.44. The van der Waals surface area contributed by atoms with E-state index in [1.807, 2.05) is 0 Å². The summed E-state index contributed by atoms with van der Waals surface area (Å²) < 4.78 is 0. The van der Waals surface area contributed by atoms with Crippen LogP contribution in [-0.4, -0.2) is 23.1 Å². The van der Waals surface area contributed by atoms with Crippen molar-refractivity contribution in [2.24, 2.45) is 0 Å². The molecule has 0 saturated carbocycles. The van der Waals surface area contributed by atoms with E-state index in [0.29, 0.717) is 10.5 Å². The van der Waals surface area contributed by atoms with Gasteiger partial charge in [0.1, 0.15) is 5.38 Å². The molecule has 0 aliphatic rings. The summed E-state index contributed by atoms with van der Waals surface area (Å²) in [5.74, 6) is -1.32. The molecule has 0 bridgehead atoms. The molecule has 0 radical (unpaired) electrons. The van der Waals surface area contributed by atoms with Crippen LogP contribution in [0.4, 0.5) is 0 Å². The highest BCUT2D eigenvalue weighted by atomic mass is 35.5. The number of benzene rings is 1. The molecule has 5 heteroatoms. The SMILES string of the molecule is CSc1cccc(C(Cl)C(C)=O)c1C(=O)O. The first kappa shape index (κ1) is 13.1. The average molecular weight is 259 g/mol. The van der Waals surface area contributed by atoms with Crippen LogP contribution in [0.5, 0.6) is 0 Å². The minimum atomic E-state index is -1.06. The van der Waals surface area contributed by atoms with Gasteiger partial charge in [0.25, 0.3) is 0 Å². The number of carboxylic acids is 1. The number of carboxylic acid groups (broad SMARTS) is 1. The largest absolute Gasteiger partial charge is 0.478 e. The second kappa shape index (κ2) is 5.37. The van der Waals surface area contributed by atoms with E-state index < -0.39 is 11.3 Å². The van der Waals surface area contributed by atoms with Gasteiger partial charge in [-0.05, 0) is 24.8 Å². The Morgan fingerprint density at radius 3 is 2.50 bits per heavy atom. The lowest BCUT2D eigenvalue weighted by atomic mass is 10.0. The summed E-state index contributed by atoms with van der Waals surface area (Å²) in [6.45, 7) is 1.34. The highest BCUT2D eigenvalue weighted by Gasteiger charge is 2.22. The van der Waals surface area contributed by atoms with Gasteiger partial charge >= 0.3 is 5.97 Å². The topological polar surface area (TPSA) is 54.4 Å². The van der Waals surface area contributed by atoms with Gasteiger partial charge in [-0.1, -0.05) is 12.1 Å². The van der Waals surface area contributed by atoms with Crippen LogP contribution in [0.15, 0.2) is 23.1 Å². The Morgan fingerprint density at radius 1 is 1.44 bits per heavy atom. The number of ketones is 1. The van der Waals surface area contributed by atoms with Crippen LogP contribution >= 0.6 is 23.4 Å². The summed E-state index contributed by atoms with van der Waals surface area (Å²) in [7, 11) is 0. The molecule has 1 atom stereocenters. The molecule has 86 valence electrons. The molecule has 1 rings (SSSR count). The van der Waals surface area contributed by atoms with Crippen molar-refractivity contribution in [2.45, 2.75) is 17.2 Å². The zero-order chi connectivity index (χ0) is 12.3. The van der Waals surface area contributed by atoms with Gasteiger partial charge in [0, 0.05) is 4.90 Å². The number of aromatic carboxylic acids is 1. The van der Waals surface area contributed by atoms with E-state index in [1.54, 1.807) is 24.5 Å². The van der Waals surface area contributed by atoms with Crippen molar-refractivity contribution < 1.29 is 14.7 Å². The molecule has 0 spiro atoms. The van der Waals surface area contributed by atoms with Crippen molar-refractivity contribution in [2.75, 3.05) is 6.26 Å². The maximum atomic E-state index is 11.2. The first-order valence-electron chi connectivity index (χ1n) is 4.53. The number of halogens is 1. The van der Waals surface area contributed by atoms with Gasteiger partial charge in [0.05, 0.1) is 5.56 Å². The average Bonchev–Trinajstić information content (AvgIpc) is 2.26. The molecule has 0 aliphatic heterocycles. The molecule has 1 aromatic carbocycles. The van der Waals surface area contributed by atoms with E-state index in [1.165, 1.54) is 18.7 Å². The lowest BCUT2D eigenvalue weighted by Crippen LogP contribution is -2.10. The molecule has 0 saturated heterocycles. The first-order valence-corrected chi connectivity index (χ1v) is 6.19. The Bertz CT molecular complexity index is 431. The molecule has 0 heterocycles. The summed E-state index contributed by atoms with van der Waals surface area (Å²) >= 11 is 7.21. The van der Waals surface area contributed by atoms with Gasteiger partial charge in [-0.3, -0.25) is 4.79 Å². The molecule has 0 aromatic heterocycles. The zero-order valence-electron chi connectivity index (χ0n) is 8.86. The van der Waals surface area contributed by atoms with Crippen LogP contribution in [0, 0.1) is 0 Å². The Morgan fingerprint density at radius 2 is 2.06 bits per heavy atom. The summed E-state index contributed by atoms with van der Waals surface area (Å²) in [5, 5.41) is 8.22. The van der Waals surface area contributed by atoms with Gasteiger partial charge < -0.3 is 5.11 Å². The van der Waals surface area contributed by atoms with Crippen molar-refractivity contribution in [3.05, 3.63) is 29.3 Å². The number of Topliss-reactive ketones (excluding diaryl/α,β-unsaturated/α-hetero) is 1. The molecular weight excluding hydrogens is 248 g/mol. The molecular formula is C11H11ClO3S. The van der Waals surface area contributed by atoms with Crippen molar-refractivity contribution in [3.8, 4) is 0 Å². The number of hydrogen-bond donors (Lipinski definition) is 1. The fraction of sp³-hybridized carbons (Fsp3) is 0.273. The maximum absolute atomic E-state index is 11.2. The normalized spacial score (nSPS) is 12.2. The molecule has 16 heavy (non-hydrogen) atoms. The van der Waals surface area contributed by atoms with Crippen LogP contribution < -0.4 is 0 Å². The Balaban J connectivity index is 3.38. The van der Waals surface area contributed by atoms with E-state index in [9.17, 15) is 9.59 Å². The zero-order valence-corrected chi connectivity index (χ0v) is 10.4. The third-order valence-electron chi connectivity index (χ3n) is 2.12. The van der Waals surface area contributed by atoms with Crippen molar-refractivity contribution >= 4 is 35.1 Å². The predicted octanol–water partition coefficient (Wildman–Crippen LogP) is 2.98. The number of thioether (sulfide) groups is 1. The molecule has 1 unspecified atom stereocenters. The minimum absolute atomic E-state index is 0.116. The lowest BCUT2D eigenvalue weighted by molar-refractivity contribution is -0.116. The Kier molecular flexibility index (Phi) is 4.38. The van der Waals surface area contributed by atoms with E-state index >= 15 is 0 Å². The second-order valence-corrected chi connectivity index (χ2v) is 4.49. The van der Waals surface area contributed by atoms with Gasteiger partial charge in [0.15, 0.2) is 5.78 Å². The summed E-state index contributed by atoms with van der Waals surface area (Å²) in [6.07, 6.45) is 1.78. The smallest absolute Gasteiger partial charge is 0.337 e. The third kappa shape index (κ3) is 2.57. The van der Waals surface area contributed by atoms with Crippen LogP contribution in [0.25, 0.3) is 0 Å². The highest BCUT2D eigenvalue weighted by Crippen LogP contribution is 2.31. The van der Waals surface area contributed by atoms with Gasteiger partial charge in [-0.15, -0.1) is 23.4 Å². The number of hydrogen-bond acceptors (Lipinski definition) is 3. The maximum Gasteiger partial charge on any atom is 0.337 e. The lowest BCUT2D eigenvalue weighted by Gasteiger charge is -2.12.